The highest BCUT2D eigenvalue weighted by atomic mass is 16.5. The minimum atomic E-state index is -1.13. The zero-order chi connectivity index (χ0) is 18.8. The van der Waals surface area contributed by atoms with Gasteiger partial charge in [0.05, 0.1) is 23.8 Å². The van der Waals surface area contributed by atoms with Crippen LogP contribution in [0, 0.1) is 0 Å². The summed E-state index contributed by atoms with van der Waals surface area (Å²) in [5.41, 5.74) is 3.80. The van der Waals surface area contributed by atoms with E-state index >= 15 is 0 Å². The largest absolute Gasteiger partial charge is 0.497 e. The molecule has 0 atom stereocenters. The number of carbonyl (C=O) groups is 1. The number of nitrogens with zero attached hydrogens (tertiary/aromatic N) is 1. The van der Waals surface area contributed by atoms with Crippen LogP contribution >= 0.6 is 0 Å². The Morgan fingerprint density at radius 1 is 0.926 bits per heavy atom. The summed E-state index contributed by atoms with van der Waals surface area (Å²) in [4.78, 5) is 15.7. The van der Waals surface area contributed by atoms with Crippen LogP contribution < -0.4 is 15.4 Å². The summed E-state index contributed by atoms with van der Waals surface area (Å²) in [6.07, 6.45) is -1.13. The molecule has 0 saturated heterocycles. The molecule has 27 heavy (non-hydrogen) atoms. The van der Waals surface area contributed by atoms with E-state index in [0.29, 0.717) is 17.1 Å². The second-order valence-electron chi connectivity index (χ2n) is 6.03. The zero-order valence-electron chi connectivity index (χ0n) is 14.6. The number of nitrogens with one attached hydrogen (secondary N) is 2. The Bertz CT molecular complexity index is 1100. The Morgan fingerprint density at radius 2 is 1.52 bits per heavy atom. The Hall–Kier alpha value is -3.80. The average Bonchev–Trinajstić information content (AvgIpc) is 2.67. The fraction of sp³-hybridized carbons (Fsp3) is 0.0476. The van der Waals surface area contributed by atoms with Crippen LogP contribution in [0.25, 0.3) is 21.8 Å². The molecule has 0 aliphatic rings. The van der Waals surface area contributed by atoms with Gasteiger partial charge in [0.2, 0.25) is 0 Å². The standard InChI is InChI=1S/C21H17N3O3/c1-27-15-11-13(10-14(12-15)23-21(25)26)22-20-16-6-2-4-8-18(16)24-19-9-5-3-7-17(19)20/h2-12,23H,1H3,(H,22,24)(H,25,26). The number of aromatic nitrogens is 1. The number of para-hydroxylation sites is 2. The number of rotatable bonds is 4. The van der Waals surface area contributed by atoms with Gasteiger partial charge in [0.25, 0.3) is 0 Å². The highest BCUT2D eigenvalue weighted by Gasteiger charge is 2.11. The van der Waals surface area contributed by atoms with Crippen molar-refractivity contribution in [2.75, 3.05) is 17.7 Å². The molecular weight excluding hydrogens is 342 g/mol. The molecule has 0 bridgehead atoms. The first kappa shape index (κ1) is 16.7. The summed E-state index contributed by atoms with van der Waals surface area (Å²) < 4.78 is 5.30. The van der Waals surface area contributed by atoms with Crippen LogP contribution in [-0.4, -0.2) is 23.3 Å². The quantitative estimate of drug-likeness (QED) is 0.435. The van der Waals surface area contributed by atoms with E-state index in [1.807, 2.05) is 54.6 Å². The molecule has 0 saturated carbocycles. The minimum absolute atomic E-state index is 0.423. The van der Waals surface area contributed by atoms with Crippen molar-refractivity contribution in [1.29, 1.82) is 0 Å². The maximum Gasteiger partial charge on any atom is 0.409 e. The van der Waals surface area contributed by atoms with Crippen molar-refractivity contribution in [3.05, 3.63) is 66.7 Å². The van der Waals surface area contributed by atoms with Crippen molar-refractivity contribution < 1.29 is 14.6 Å². The van der Waals surface area contributed by atoms with Crippen molar-refractivity contribution in [3.8, 4) is 5.75 Å². The zero-order valence-corrected chi connectivity index (χ0v) is 14.6. The van der Waals surface area contributed by atoms with E-state index in [1.54, 1.807) is 19.2 Å². The van der Waals surface area contributed by atoms with Gasteiger partial charge in [0.15, 0.2) is 0 Å². The molecular formula is C21H17N3O3. The maximum absolute atomic E-state index is 11.0. The molecule has 0 radical (unpaired) electrons. The fourth-order valence-electron chi connectivity index (χ4n) is 3.10. The van der Waals surface area contributed by atoms with E-state index in [1.165, 1.54) is 0 Å². The molecule has 3 N–H and O–H groups in total. The fourth-order valence-corrected chi connectivity index (χ4v) is 3.10. The Labute approximate surface area is 155 Å². The molecule has 0 unspecified atom stereocenters. The molecule has 6 nitrogen and oxygen atoms in total. The summed E-state index contributed by atoms with van der Waals surface area (Å²) >= 11 is 0. The molecule has 1 aromatic heterocycles. The van der Waals surface area contributed by atoms with Gasteiger partial charge < -0.3 is 15.2 Å². The van der Waals surface area contributed by atoms with Crippen LogP contribution in [0.5, 0.6) is 5.75 Å². The van der Waals surface area contributed by atoms with E-state index in [4.69, 9.17) is 14.8 Å². The topological polar surface area (TPSA) is 83.5 Å². The van der Waals surface area contributed by atoms with Gasteiger partial charge in [-0.15, -0.1) is 0 Å². The lowest BCUT2D eigenvalue weighted by atomic mass is 10.1. The summed E-state index contributed by atoms with van der Waals surface area (Å²) in [5, 5.41) is 16.8. The van der Waals surface area contributed by atoms with Crippen molar-refractivity contribution >= 4 is 45.0 Å². The average molecular weight is 359 g/mol. The third-order valence-electron chi connectivity index (χ3n) is 4.25. The number of benzene rings is 3. The molecule has 1 heterocycles. The summed E-state index contributed by atoms with van der Waals surface area (Å²) in [7, 11) is 1.54. The van der Waals surface area contributed by atoms with Gasteiger partial charge in [-0.25, -0.2) is 9.78 Å². The summed E-state index contributed by atoms with van der Waals surface area (Å²) in [6, 6.07) is 21.0. The number of carboxylic acid groups (broad SMARTS) is 1. The molecule has 3 aromatic carbocycles. The Kier molecular flexibility index (Phi) is 4.22. The van der Waals surface area contributed by atoms with E-state index < -0.39 is 6.09 Å². The first-order valence-electron chi connectivity index (χ1n) is 8.37. The normalized spacial score (nSPS) is 10.7. The van der Waals surface area contributed by atoms with Crippen LogP contribution in [-0.2, 0) is 0 Å². The predicted octanol–water partition coefficient (Wildman–Crippen LogP) is 5.23. The third kappa shape index (κ3) is 3.32. The number of hydrogen-bond acceptors (Lipinski definition) is 4. The van der Waals surface area contributed by atoms with Gasteiger partial charge >= 0.3 is 6.09 Å². The third-order valence-corrected chi connectivity index (χ3v) is 4.25. The van der Waals surface area contributed by atoms with Crippen LogP contribution in [0.4, 0.5) is 21.9 Å². The van der Waals surface area contributed by atoms with E-state index in [2.05, 4.69) is 10.6 Å². The number of pyridine rings is 1. The molecule has 4 aromatic rings. The van der Waals surface area contributed by atoms with Crippen LogP contribution in [0.3, 0.4) is 0 Å². The lowest BCUT2D eigenvalue weighted by Crippen LogP contribution is -2.07. The van der Waals surface area contributed by atoms with E-state index in [-0.39, 0.29) is 0 Å². The van der Waals surface area contributed by atoms with Crippen molar-refractivity contribution in [2.24, 2.45) is 0 Å². The van der Waals surface area contributed by atoms with E-state index in [9.17, 15) is 4.79 Å². The SMILES string of the molecule is COc1cc(NC(=O)O)cc(Nc2c3ccccc3nc3ccccc23)c1. The number of amides is 1. The van der Waals surface area contributed by atoms with Crippen LogP contribution in [0.15, 0.2) is 66.7 Å². The number of methoxy groups -OCH3 is 1. The number of ether oxygens (including phenoxy) is 1. The van der Waals surface area contributed by atoms with Crippen molar-refractivity contribution in [2.45, 2.75) is 0 Å². The van der Waals surface area contributed by atoms with Gasteiger partial charge in [-0.05, 0) is 18.2 Å². The first-order chi connectivity index (χ1) is 13.1. The van der Waals surface area contributed by atoms with Crippen LogP contribution in [0.2, 0.25) is 0 Å². The second kappa shape index (κ2) is 6.84. The van der Waals surface area contributed by atoms with Gasteiger partial charge in [-0.2, -0.15) is 0 Å². The monoisotopic (exact) mass is 359 g/mol. The molecule has 6 heteroatoms. The maximum atomic E-state index is 11.0. The molecule has 134 valence electrons. The molecule has 0 aliphatic heterocycles. The second-order valence-corrected chi connectivity index (χ2v) is 6.03. The van der Waals surface area contributed by atoms with Crippen LogP contribution in [0.1, 0.15) is 0 Å². The Morgan fingerprint density at radius 3 is 2.11 bits per heavy atom. The molecule has 0 fully saturated rings. The highest BCUT2D eigenvalue weighted by molar-refractivity contribution is 6.08. The van der Waals surface area contributed by atoms with E-state index in [0.717, 1.165) is 27.5 Å². The van der Waals surface area contributed by atoms with Gasteiger partial charge in [0, 0.05) is 34.3 Å². The van der Waals surface area contributed by atoms with Crippen molar-refractivity contribution in [1.82, 2.24) is 4.98 Å². The number of hydrogen-bond donors (Lipinski definition) is 3. The van der Waals surface area contributed by atoms with Gasteiger partial charge in [-0.1, -0.05) is 36.4 Å². The van der Waals surface area contributed by atoms with Gasteiger partial charge in [0.1, 0.15) is 5.75 Å². The molecule has 0 spiro atoms. The Balaban J connectivity index is 1.88. The van der Waals surface area contributed by atoms with Crippen molar-refractivity contribution in [3.63, 3.8) is 0 Å². The lowest BCUT2D eigenvalue weighted by Gasteiger charge is -2.15. The number of anilines is 3. The lowest BCUT2D eigenvalue weighted by molar-refractivity contribution is 0.210. The minimum Gasteiger partial charge on any atom is -0.497 e. The summed E-state index contributed by atoms with van der Waals surface area (Å²) in [6.45, 7) is 0. The highest BCUT2D eigenvalue weighted by Crippen LogP contribution is 2.34. The summed E-state index contributed by atoms with van der Waals surface area (Å²) in [5.74, 6) is 0.548. The molecule has 4 rings (SSSR count). The van der Waals surface area contributed by atoms with Gasteiger partial charge in [-0.3, -0.25) is 5.32 Å². The smallest absolute Gasteiger partial charge is 0.409 e. The number of fused-ring (bicyclic) bond motifs is 2. The molecule has 0 aliphatic carbocycles. The molecule has 1 amide bonds. The first-order valence-corrected chi connectivity index (χ1v) is 8.37. The predicted molar refractivity (Wildman–Crippen MR) is 107 cm³/mol.